The molecule has 0 saturated carbocycles. The van der Waals surface area contributed by atoms with Crippen molar-refractivity contribution >= 4 is 17.6 Å². The smallest absolute Gasteiger partial charge is 0.354 e. The highest BCUT2D eigenvalue weighted by Gasteiger charge is 2.15. The van der Waals surface area contributed by atoms with Crippen LogP contribution in [-0.2, 0) is 5.41 Å². The summed E-state index contributed by atoms with van der Waals surface area (Å²) in [5, 5.41) is 9.10. The minimum absolute atomic E-state index is 0.0555. The molecule has 0 amide bonds. The average Bonchev–Trinajstić information content (AvgIpc) is 2.37. The first-order valence-electron chi connectivity index (χ1n) is 6.16. The molecular weight excluding hydrogens is 276 g/mol. The van der Waals surface area contributed by atoms with Crippen LogP contribution in [0, 0.1) is 0 Å². The predicted octanol–water partition coefficient (Wildman–Crippen LogP) is 3.79. The number of benzene rings is 1. The van der Waals surface area contributed by atoms with Gasteiger partial charge in [0.15, 0.2) is 11.5 Å². The normalized spacial score (nSPS) is 11.4. The van der Waals surface area contributed by atoms with Crippen LogP contribution in [0.2, 0.25) is 5.15 Å². The lowest BCUT2D eigenvalue weighted by molar-refractivity contribution is 0.0690. The number of carbonyl (C=O) groups is 1. The maximum atomic E-state index is 11.0. The molecule has 104 valence electrons. The van der Waals surface area contributed by atoms with Gasteiger partial charge in [0, 0.05) is 11.6 Å². The van der Waals surface area contributed by atoms with Gasteiger partial charge < -0.3 is 5.11 Å². The Morgan fingerprint density at radius 3 is 2.25 bits per heavy atom. The van der Waals surface area contributed by atoms with Crippen LogP contribution < -0.4 is 0 Å². The Kier molecular flexibility index (Phi) is 3.77. The molecule has 1 aromatic carbocycles. The topological polar surface area (TPSA) is 63.1 Å². The van der Waals surface area contributed by atoms with Crippen molar-refractivity contribution in [2.24, 2.45) is 0 Å². The largest absolute Gasteiger partial charge is 0.477 e. The Morgan fingerprint density at radius 1 is 1.15 bits per heavy atom. The van der Waals surface area contributed by atoms with E-state index in [1.807, 2.05) is 24.3 Å². The standard InChI is InChI=1S/C15H15ClN2O2/c1-15(2,3)10-6-4-9(5-7-10)13-17-11(14(19)20)8-12(16)18-13/h4-8H,1-3H3,(H,19,20). The maximum Gasteiger partial charge on any atom is 0.354 e. The fraction of sp³-hybridized carbons (Fsp3) is 0.267. The number of rotatable bonds is 2. The summed E-state index contributed by atoms with van der Waals surface area (Å²) < 4.78 is 0. The molecule has 1 N–H and O–H groups in total. The SMILES string of the molecule is CC(C)(C)c1ccc(-c2nc(Cl)cc(C(=O)O)n2)cc1. The molecule has 0 aliphatic rings. The summed E-state index contributed by atoms with van der Waals surface area (Å²) in [6.45, 7) is 6.38. The first-order chi connectivity index (χ1) is 9.27. The maximum absolute atomic E-state index is 11.0. The highest BCUT2D eigenvalue weighted by molar-refractivity contribution is 6.29. The summed E-state index contributed by atoms with van der Waals surface area (Å²) in [5.74, 6) is -0.808. The third-order valence-corrected chi connectivity index (χ3v) is 3.12. The minimum atomic E-state index is -1.12. The van der Waals surface area contributed by atoms with Gasteiger partial charge in [-0.05, 0) is 11.0 Å². The van der Waals surface area contributed by atoms with Crippen LogP contribution >= 0.6 is 11.6 Å². The van der Waals surface area contributed by atoms with Gasteiger partial charge in [-0.2, -0.15) is 0 Å². The molecule has 4 nitrogen and oxygen atoms in total. The van der Waals surface area contributed by atoms with Gasteiger partial charge in [-0.15, -0.1) is 0 Å². The number of aromatic nitrogens is 2. The van der Waals surface area contributed by atoms with Gasteiger partial charge in [-0.25, -0.2) is 14.8 Å². The quantitative estimate of drug-likeness (QED) is 0.855. The average molecular weight is 291 g/mol. The number of halogens is 1. The lowest BCUT2D eigenvalue weighted by atomic mass is 9.87. The lowest BCUT2D eigenvalue weighted by Crippen LogP contribution is -2.10. The van der Waals surface area contributed by atoms with Crippen molar-refractivity contribution in [2.75, 3.05) is 0 Å². The Labute approximate surface area is 122 Å². The molecule has 0 spiro atoms. The van der Waals surface area contributed by atoms with Crippen molar-refractivity contribution in [3.8, 4) is 11.4 Å². The van der Waals surface area contributed by atoms with Crippen molar-refractivity contribution in [1.29, 1.82) is 0 Å². The summed E-state index contributed by atoms with van der Waals surface area (Å²) in [4.78, 5) is 19.0. The van der Waals surface area contributed by atoms with Crippen LogP contribution in [0.4, 0.5) is 0 Å². The first-order valence-corrected chi connectivity index (χ1v) is 6.54. The van der Waals surface area contributed by atoms with Gasteiger partial charge in [-0.1, -0.05) is 56.6 Å². The summed E-state index contributed by atoms with van der Waals surface area (Å²) >= 11 is 5.83. The summed E-state index contributed by atoms with van der Waals surface area (Å²) in [6, 6.07) is 8.95. The van der Waals surface area contributed by atoms with Gasteiger partial charge in [0.25, 0.3) is 0 Å². The van der Waals surface area contributed by atoms with Crippen LogP contribution in [0.5, 0.6) is 0 Å². The van der Waals surface area contributed by atoms with Crippen molar-refractivity contribution in [3.05, 3.63) is 46.7 Å². The van der Waals surface area contributed by atoms with E-state index < -0.39 is 5.97 Å². The van der Waals surface area contributed by atoms with Gasteiger partial charge >= 0.3 is 5.97 Å². The second-order valence-electron chi connectivity index (χ2n) is 5.53. The number of hydrogen-bond acceptors (Lipinski definition) is 3. The van der Waals surface area contributed by atoms with E-state index in [1.165, 1.54) is 11.6 Å². The predicted molar refractivity (Wildman–Crippen MR) is 78.1 cm³/mol. The first kappa shape index (κ1) is 14.5. The van der Waals surface area contributed by atoms with Crippen LogP contribution in [0.25, 0.3) is 11.4 Å². The monoisotopic (exact) mass is 290 g/mol. The Morgan fingerprint density at radius 2 is 1.75 bits per heavy atom. The Hall–Kier alpha value is -1.94. The highest BCUT2D eigenvalue weighted by Crippen LogP contribution is 2.25. The molecule has 20 heavy (non-hydrogen) atoms. The van der Waals surface area contributed by atoms with Gasteiger partial charge in [0.1, 0.15) is 5.15 Å². The number of carboxylic acids is 1. The molecule has 0 unspecified atom stereocenters. The highest BCUT2D eigenvalue weighted by atomic mass is 35.5. The van der Waals surface area contributed by atoms with E-state index in [0.717, 1.165) is 5.56 Å². The van der Waals surface area contributed by atoms with E-state index in [-0.39, 0.29) is 16.3 Å². The molecule has 5 heteroatoms. The molecule has 0 atom stereocenters. The van der Waals surface area contributed by atoms with E-state index in [0.29, 0.717) is 5.82 Å². The molecule has 0 bridgehead atoms. The molecular formula is C15H15ClN2O2. The van der Waals surface area contributed by atoms with Crippen LogP contribution in [0.1, 0.15) is 36.8 Å². The molecule has 1 heterocycles. The minimum Gasteiger partial charge on any atom is -0.477 e. The molecule has 1 aromatic heterocycles. The Bertz CT molecular complexity index is 646. The second-order valence-corrected chi connectivity index (χ2v) is 5.92. The fourth-order valence-electron chi connectivity index (χ4n) is 1.78. The third-order valence-electron chi connectivity index (χ3n) is 2.92. The zero-order valence-corrected chi connectivity index (χ0v) is 12.3. The van der Waals surface area contributed by atoms with E-state index in [9.17, 15) is 4.79 Å². The van der Waals surface area contributed by atoms with Crippen molar-refractivity contribution in [1.82, 2.24) is 9.97 Å². The van der Waals surface area contributed by atoms with Crippen molar-refractivity contribution in [2.45, 2.75) is 26.2 Å². The van der Waals surface area contributed by atoms with Crippen molar-refractivity contribution in [3.63, 3.8) is 0 Å². The Balaban J connectivity index is 2.44. The molecule has 0 fully saturated rings. The van der Waals surface area contributed by atoms with E-state index in [4.69, 9.17) is 16.7 Å². The lowest BCUT2D eigenvalue weighted by Gasteiger charge is -2.19. The van der Waals surface area contributed by atoms with Gasteiger partial charge in [0.2, 0.25) is 0 Å². The number of hydrogen-bond donors (Lipinski definition) is 1. The molecule has 0 aliphatic heterocycles. The van der Waals surface area contributed by atoms with Crippen LogP contribution in [0.3, 0.4) is 0 Å². The van der Waals surface area contributed by atoms with E-state index in [1.54, 1.807) is 0 Å². The molecule has 0 radical (unpaired) electrons. The summed E-state index contributed by atoms with van der Waals surface area (Å²) in [7, 11) is 0. The number of carboxylic acid groups (broad SMARTS) is 1. The molecule has 2 aromatic rings. The van der Waals surface area contributed by atoms with Crippen LogP contribution in [-0.4, -0.2) is 21.0 Å². The van der Waals surface area contributed by atoms with Crippen molar-refractivity contribution < 1.29 is 9.90 Å². The third kappa shape index (κ3) is 3.14. The fourth-order valence-corrected chi connectivity index (χ4v) is 1.96. The molecule has 0 saturated heterocycles. The summed E-state index contributed by atoms with van der Waals surface area (Å²) in [5.41, 5.74) is 1.87. The molecule has 0 aliphatic carbocycles. The molecule has 2 rings (SSSR count). The second kappa shape index (κ2) is 5.21. The van der Waals surface area contributed by atoms with E-state index in [2.05, 4.69) is 30.7 Å². The zero-order valence-electron chi connectivity index (χ0n) is 11.5. The van der Waals surface area contributed by atoms with Crippen LogP contribution in [0.15, 0.2) is 30.3 Å². The zero-order chi connectivity index (χ0) is 14.9. The summed E-state index contributed by atoms with van der Waals surface area (Å²) in [6.07, 6.45) is 0. The van der Waals surface area contributed by atoms with Gasteiger partial charge in [-0.3, -0.25) is 0 Å². The number of aromatic carboxylic acids is 1. The van der Waals surface area contributed by atoms with Gasteiger partial charge in [0.05, 0.1) is 0 Å². The van der Waals surface area contributed by atoms with E-state index >= 15 is 0 Å². The number of nitrogens with zero attached hydrogens (tertiary/aromatic N) is 2.